The van der Waals surface area contributed by atoms with Gasteiger partial charge in [-0.2, -0.15) is 8.78 Å². The first-order valence-corrected chi connectivity index (χ1v) is 9.08. The van der Waals surface area contributed by atoms with Crippen molar-refractivity contribution in [2.45, 2.75) is 26.5 Å². The standard InChI is InChI=1S/C20H23F2N3O3.HI/c1-2-23-20(25-12-15-4-3-5-16(10-15)28-19(21)22)24-9-8-14-6-7-17-18(11-14)27-13-26-17;/h3-7,10-11,19H,2,8-9,12-13H2,1H3,(H2,23,24,25);1H. The van der Waals surface area contributed by atoms with Gasteiger partial charge in [-0.3, -0.25) is 0 Å². The Morgan fingerprint density at radius 1 is 1.10 bits per heavy atom. The Labute approximate surface area is 185 Å². The zero-order chi connectivity index (χ0) is 19.8. The maximum absolute atomic E-state index is 12.3. The van der Waals surface area contributed by atoms with Gasteiger partial charge >= 0.3 is 6.61 Å². The van der Waals surface area contributed by atoms with Gasteiger partial charge in [-0.1, -0.05) is 18.2 Å². The van der Waals surface area contributed by atoms with E-state index in [2.05, 4.69) is 20.4 Å². The second kappa shape index (κ2) is 11.6. The zero-order valence-corrected chi connectivity index (χ0v) is 18.3. The van der Waals surface area contributed by atoms with Crippen molar-refractivity contribution in [1.82, 2.24) is 10.6 Å². The molecule has 0 atom stereocenters. The lowest BCUT2D eigenvalue weighted by atomic mass is 10.1. The highest BCUT2D eigenvalue weighted by atomic mass is 127. The zero-order valence-electron chi connectivity index (χ0n) is 16.0. The molecule has 0 aliphatic carbocycles. The minimum absolute atomic E-state index is 0. The smallest absolute Gasteiger partial charge is 0.387 e. The predicted molar refractivity (Wildman–Crippen MR) is 118 cm³/mol. The third-order valence-corrected chi connectivity index (χ3v) is 4.03. The van der Waals surface area contributed by atoms with E-state index in [4.69, 9.17) is 9.47 Å². The molecule has 0 spiro atoms. The maximum atomic E-state index is 12.3. The monoisotopic (exact) mass is 519 g/mol. The van der Waals surface area contributed by atoms with Crippen molar-refractivity contribution in [2.24, 2.45) is 4.99 Å². The van der Waals surface area contributed by atoms with E-state index in [0.29, 0.717) is 25.6 Å². The molecule has 1 heterocycles. The van der Waals surface area contributed by atoms with E-state index in [1.165, 1.54) is 6.07 Å². The fraction of sp³-hybridized carbons (Fsp3) is 0.350. The summed E-state index contributed by atoms with van der Waals surface area (Å²) in [4.78, 5) is 4.50. The van der Waals surface area contributed by atoms with Crippen LogP contribution in [0.4, 0.5) is 8.78 Å². The van der Waals surface area contributed by atoms with Crippen LogP contribution in [0.1, 0.15) is 18.1 Å². The van der Waals surface area contributed by atoms with Gasteiger partial charge in [0.15, 0.2) is 17.5 Å². The summed E-state index contributed by atoms with van der Waals surface area (Å²) < 4.78 is 39.8. The van der Waals surface area contributed by atoms with Crippen molar-refractivity contribution in [1.29, 1.82) is 0 Å². The van der Waals surface area contributed by atoms with Gasteiger partial charge in [0.05, 0.1) is 6.54 Å². The average molecular weight is 519 g/mol. The molecule has 0 saturated heterocycles. The SMILES string of the molecule is CCNC(=NCc1cccc(OC(F)F)c1)NCCc1ccc2c(c1)OCO2.I. The largest absolute Gasteiger partial charge is 0.454 e. The summed E-state index contributed by atoms with van der Waals surface area (Å²) in [7, 11) is 0. The average Bonchev–Trinajstić information content (AvgIpc) is 3.14. The third-order valence-electron chi connectivity index (χ3n) is 4.03. The number of nitrogens with zero attached hydrogens (tertiary/aromatic N) is 1. The number of guanidine groups is 1. The number of hydrogen-bond acceptors (Lipinski definition) is 4. The van der Waals surface area contributed by atoms with Crippen molar-refractivity contribution in [2.75, 3.05) is 19.9 Å². The number of halogens is 3. The molecule has 0 amide bonds. The van der Waals surface area contributed by atoms with Crippen LogP contribution in [-0.4, -0.2) is 32.5 Å². The molecule has 2 aromatic rings. The molecule has 0 saturated carbocycles. The molecule has 0 aromatic heterocycles. The fourth-order valence-electron chi connectivity index (χ4n) is 2.75. The summed E-state index contributed by atoms with van der Waals surface area (Å²) in [5.41, 5.74) is 1.91. The second-order valence-electron chi connectivity index (χ2n) is 6.09. The van der Waals surface area contributed by atoms with Gasteiger partial charge in [0.2, 0.25) is 6.79 Å². The van der Waals surface area contributed by atoms with E-state index >= 15 is 0 Å². The number of fused-ring (bicyclic) bond motifs is 1. The lowest BCUT2D eigenvalue weighted by molar-refractivity contribution is -0.0498. The summed E-state index contributed by atoms with van der Waals surface area (Å²) in [6.45, 7) is 1.14. The van der Waals surface area contributed by atoms with Gasteiger partial charge in [0.1, 0.15) is 5.75 Å². The highest BCUT2D eigenvalue weighted by Crippen LogP contribution is 2.32. The normalized spacial score (nSPS) is 12.5. The number of rotatable bonds is 8. The minimum Gasteiger partial charge on any atom is -0.454 e. The quantitative estimate of drug-likeness (QED) is 0.315. The van der Waals surface area contributed by atoms with Gasteiger partial charge in [0.25, 0.3) is 0 Å². The molecular formula is C20H24F2IN3O3. The van der Waals surface area contributed by atoms with Gasteiger partial charge in [-0.15, -0.1) is 24.0 Å². The van der Waals surface area contributed by atoms with E-state index in [1.807, 2.05) is 31.2 Å². The Bertz CT molecular complexity index is 821. The summed E-state index contributed by atoms with van der Waals surface area (Å²) in [6.07, 6.45) is 0.790. The molecule has 0 bridgehead atoms. The minimum atomic E-state index is -2.84. The van der Waals surface area contributed by atoms with Crippen molar-refractivity contribution in [3.8, 4) is 17.2 Å². The Hall–Kier alpha value is -2.30. The number of ether oxygens (including phenoxy) is 3. The van der Waals surface area contributed by atoms with Crippen LogP contribution < -0.4 is 24.8 Å². The molecule has 1 aliphatic rings. The maximum Gasteiger partial charge on any atom is 0.387 e. The van der Waals surface area contributed by atoms with E-state index in [0.717, 1.165) is 29.0 Å². The summed E-state index contributed by atoms with van der Waals surface area (Å²) in [5, 5.41) is 6.44. The highest BCUT2D eigenvalue weighted by molar-refractivity contribution is 14.0. The third kappa shape index (κ3) is 7.22. The molecule has 1 aliphatic heterocycles. The van der Waals surface area contributed by atoms with Crippen molar-refractivity contribution < 1.29 is 23.0 Å². The number of alkyl halides is 2. The lowest BCUT2D eigenvalue weighted by Crippen LogP contribution is -2.38. The molecule has 9 heteroatoms. The Balaban J connectivity index is 0.00000300. The first kappa shape index (κ1) is 23.0. The van der Waals surface area contributed by atoms with Crippen LogP contribution in [-0.2, 0) is 13.0 Å². The van der Waals surface area contributed by atoms with Crippen LogP contribution in [0.15, 0.2) is 47.5 Å². The van der Waals surface area contributed by atoms with Crippen molar-refractivity contribution >= 4 is 29.9 Å². The van der Waals surface area contributed by atoms with Crippen LogP contribution in [0.5, 0.6) is 17.2 Å². The molecule has 158 valence electrons. The Morgan fingerprint density at radius 2 is 1.93 bits per heavy atom. The van der Waals surface area contributed by atoms with Gasteiger partial charge in [-0.05, 0) is 48.7 Å². The fourth-order valence-corrected chi connectivity index (χ4v) is 2.75. The Kier molecular flexibility index (Phi) is 9.23. The molecule has 2 aromatic carbocycles. The number of nitrogens with one attached hydrogen (secondary N) is 2. The van der Waals surface area contributed by atoms with Crippen LogP contribution >= 0.6 is 24.0 Å². The first-order chi connectivity index (χ1) is 13.6. The molecule has 6 nitrogen and oxygen atoms in total. The van der Waals surface area contributed by atoms with Crippen LogP contribution in [0.25, 0.3) is 0 Å². The first-order valence-electron chi connectivity index (χ1n) is 9.08. The van der Waals surface area contributed by atoms with E-state index in [9.17, 15) is 8.78 Å². The van der Waals surface area contributed by atoms with E-state index in [1.54, 1.807) is 12.1 Å². The van der Waals surface area contributed by atoms with Gasteiger partial charge in [0, 0.05) is 13.1 Å². The molecule has 29 heavy (non-hydrogen) atoms. The molecule has 0 radical (unpaired) electrons. The lowest BCUT2D eigenvalue weighted by Gasteiger charge is -2.12. The van der Waals surface area contributed by atoms with Crippen molar-refractivity contribution in [3.05, 3.63) is 53.6 Å². The number of benzene rings is 2. The molecule has 0 fully saturated rings. The molecule has 3 rings (SSSR count). The van der Waals surface area contributed by atoms with E-state index < -0.39 is 6.61 Å². The topological polar surface area (TPSA) is 64.1 Å². The molecular weight excluding hydrogens is 495 g/mol. The number of aliphatic imine (C=N–C) groups is 1. The summed E-state index contributed by atoms with van der Waals surface area (Å²) in [5.74, 6) is 2.32. The highest BCUT2D eigenvalue weighted by Gasteiger charge is 2.13. The molecule has 2 N–H and O–H groups in total. The van der Waals surface area contributed by atoms with Crippen LogP contribution in [0.2, 0.25) is 0 Å². The van der Waals surface area contributed by atoms with Gasteiger partial charge in [-0.25, -0.2) is 4.99 Å². The summed E-state index contributed by atoms with van der Waals surface area (Å²) >= 11 is 0. The van der Waals surface area contributed by atoms with Crippen LogP contribution in [0.3, 0.4) is 0 Å². The second-order valence-corrected chi connectivity index (χ2v) is 6.09. The number of hydrogen-bond donors (Lipinski definition) is 2. The van der Waals surface area contributed by atoms with Crippen LogP contribution in [0, 0.1) is 0 Å². The van der Waals surface area contributed by atoms with Gasteiger partial charge < -0.3 is 24.8 Å². The van der Waals surface area contributed by atoms with Crippen molar-refractivity contribution in [3.63, 3.8) is 0 Å². The predicted octanol–water partition coefficient (Wildman–Crippen LogP) is 3.93. The Morgan fingerprint density at radius 3 is 2.72 bits per heavy atom. The summed E-state index contributed by atoms with van der Waals surface area (Å²) in [6, 6.07) is 12.4. The molecule has 0 unspecified atom stereocenters. The van der Waals surface area contributed by atoms with E-state index in [-0.39, 0.29) is 36.5 Å².